The molecule has 1 aromatic carbocycles. The fourth-order valence-corrected chi connectivity index (χ4v) is 2.22. The predicted octanol–water partition coefficient (Wildman–Crippen LogP) is 2.61. The van der Waals surface area contributed by atoms with E-state index in [1.54, 1.807) is 19.1 Å². The van der Waals surface area contributed by atoms with Crippen LogP contribution in [0.15, 0.2) is 35.5 Å². The third kappa shape index (κ3) is 3.61. The van der Waals surface area contributed by atoms with Crippen molar-refractivity contribution in [1.29, 1.82) is 0 Å². The van der Waals surface area contributed by atoms with Gasteiger partial charge in [-0.1, -0.05) is 23.7 Å². The summed E-state index contributed by atoms with van der Waals surface area (Å²) < 4.78 is 5.03. The number of amides is 1. The van der Waals surface area contributed by atoms with Gasteiger partial charge >= 0.3 is 5.97 Å². The van der Waals surface area contributed by atoms with Gasteiger partial charge < -0.3 is 10.1 Å². The molecule has 1 aromatic rings. The van der Waals surface area contributed by atoms with Crippen LogP contribution < -0.4 is 5.32 Å². The van der Waals surface area contributed by atoms with E-state index in [4.69, 9.17) is 16.3 Å². The van der Waals surface area contributed by atoms with E-state index in [9.17, 15) is 9.59 Å². The first-order valence-electron chi connectivity index (χ1n) is 6.53. The Morgan fingerprint density at radius 1 is 1.30 bits per heavy atom. The van der Waals surface area contributed by atoms with E-state index in [2.05, 4.69) is 5.32 Å². The molecule has 5 heteroatoms. The number of allylic oxidation sites excluding steroid dienone is 1. The highest BCUT2D eigenvalue weighted by molar-refractivity contribution is 6.30. The first-order chi connectivity index (χ1) is 9.60. The van der Waals surface area contributed by atoms with Crippen molar-refractivity contribution in [2.24, 2.45) is 0 Å². The van der Waals surface area contributed by atoms with Gasteiger partial charge in [-0.05, 0) is 31.0 Å². The van der Waals surface area contributed by atoms with Gasteiger partial charge in [0.15, 0.2) is 0 Å². The number of nitrogens with one attached hydrogen (secondary N) is 1. The Hall–Kier alpha value is -1.81. The molecule has 0 fully saturated rings. The predicted molar refractivity (Wildman–Crippen MR) is 76.2 cm³/mol. The van der Waals surface area contributed by atoms with Crippen LogP contribution in [0, 0.1) is 0 Å². The molecule has 1 heterocycles. The van der Waals surface area contributed by atoms with Gasteiger partial charge in [0.25, 0.3) is 0 Å². The summed E-state index contributed by atoms with van der Waals surface area (Å²) in [4.78, 5) is 23.4. The zero-order chi connectivity index (χ0) is 14.5. The number of hydrogen-bond donors (Lipinski definition) is 1. The van der Waals surface area contributed by atoms with Crippen LogP contribution in [0.5, 0.6) is 0 Å². The van der Waals surface area contributed by atoms with Crippen LogP contribution in [0.4, 0.5) is 0 Å². The van der Waals surface area contributed by atoms with Gasteiger partial charge in [0.1, 0.15) is 0 Å². The van der Waals surface area contributed by atoms with E-state index in [0.717, 1.165) is 5.56 Å². The summed E-state index contributed by atoms with van der Waals surface area (Å²) in [6, 6.07) is 7.32. The standard InChI is InChI=1S/C15H16ClNO3/c1-2-20-15(19)12-7-8-14(18)17-13(12)9-10-3-5-11(16)6-4-10/h3-6H,2,7-9H2,1H3,(H,17,18). The van der Waals surface area contributed by atoms with E-state index in [1.807, 2.05) is 12.1 Å². The second-order valence-electron chi connectivity index (χ2n) is 4.53. The van der Waals surface area contributed by atoms with Crippen molar-refractivity contribution < 1.29 is 14.3 Å². The minimum atomic E-state index is -0.350. The van der Waals surface area contributed by atoms with Crippen LogP contribution in [0.25, 0.3) is 0 Å². The smallest absolute Gasteiger partial charge is 0.335 e. The van der Waals surface area contributed by atoms with Crippen LogP contribution in [0.2, 0.25) is 5.02 Å². The summed E-state index contributed by atoms with van der Waals surface area (Å²) in [6.07, 6.45) is 1.23. The molecule has 0 bridgehead atoms. The van der Waals surface area contributed by atoms with Crippen LogP contribution in [-0.4, -0.2) is 18.5 Å². The minimum Gasteiger partial charge on any atom is -0.463 e. The van der Waals surface area contributed by atoms with Crippen molar-refractivity contribution in [1.82, 2.24) is 5.32 Å². The lowest BCUT2D eigenvalue weighted by Crippen LogP contribution is -2.31. The zero-order valence-corrected chi connectivity index (χ0v) is 12.0. The Balaban J connectivity index is 2.24. The molecule has 4 nitrogen and oxygen atoms in total. The van der Waals surface area contributed by atoms with Crippen LogP contribution in [0.3, 0.4) is 0 Å². The average molecular weight is 294 g/mol. The summed E-state index contributed by atoms with van der Waals surface area (Å²) in [6.45, 7) is 2.09. The summed E-state index contributed by atoms with van der Waals surface area (Å²) >= 11 is 5.84. The molecule has 106 valence electrons. The summed E-state index contributed by atoms with van der Waals surface area (Å²) in [5.74, 6) is -0.418. The quantitative estimate of drug-likeness (QED) is 0.868. The van der Waals surface area contributed by atoms with Gasteiger partial charge in [-0.25, -0.2) is 4.79 Å². The highest BCUT2D eigenvalue weighted by Gasteiger charge is 2.23. The van der Waals surface area contributed by atoms with Crippen molar-refractivity contribution in [3.63, 3.8) is 0 Å². The van der Waals surface area contributed by atoms with Crippen molar-refractivity contribution in [3.8, 4) is 0 Å². The number of benzene rings is 1. The molecule has 0 radical (unpaired) electrons. The monoisotopic (exact) mass is 293 g/mol. The highest BCUT2D eigenvalue weighted by Crippen LogP contribution is 2.21. The van der Waals surface area contributed by atoms with Crippen molar-refractivity contribution >= 4 is 23.5 Å². The first kappa shape index (κ1) is 14.6. The number of ether oxygens (including phenoxy) is 1. The summed E-state index contributed by atoms with van der Waals surface area (Å²) in [7, 11) is 0. The van der Waals surface area contributed by atoms with Crippen molar-refractivity contribution in [3.05, 3.63) is 46.1 Å². The second-order valence-corrected chi connectivity index (χ2v) is 4.97. The molecule has 2 rings (SSSR count). The molecule has 20 heavy (non-hydrogen) atoms. The van der Waals surface area contributed by atoms with E-state index < -0.39 is 0 Å². The molecule has 1 aliphatic heterocycles. The number of carbonyl (C=O) groups excluding carboxylic acids is 2. The van der Waals surface area contributed by atoms with Crippen molar-refractivity contribution in [2.45, 2.75) is 26.2 Å². The molecule has 0 aromatic heterocycles. The molecule has 0 aliphatic carbocycles. The fourth-order valence-electron chi connectivity index (χ4n) is 2.10. The maximum atomic E-state index is 11.9. The molecular weight excluding hydrogens is 278 g/mol. The molecular formula is C15H16ClNO3. The number of carbonyl (C=O) groups is 2. The molecule has 0 saturated carbocycles. The van der Waals surface area contributed by atoms with Crippen LogP contribution in [-0.2, 0) is 20.7 Å². The van der Waals surface area contributed by atoms with Gasteiger partial charge in [-0.15, -0.1) is 0 Å². The summed E-state index contributed by atoms with van der Waals surface area (Å²) in [5.41, 5.74) is 2.16. The van der Waals surface area contributed by atoms with E-state index in [1.165, 1.54) is 0 Å². The number of esters is 1. The van der Waals surface area contributed by atoms with Gasteiger partial charge in [0.05, 0.1) is 12.2 Å². The zero-order valence-electron chi connectivity index (χ0n) is 11.2. The van der Waals surface area contributed by atoms with Crippen LogP contribution in [0.1, 0.15) is 25.3 Å². The van der Waals surface area contributed by atoms with Gasteiger partial charge in [0, 0.05) is 23.6 Å². The Bertz CT molecular complexity index is 549. The van der Waals surface area contributed by atoms with Gasteiger partial charge in [0.2, 0.25) is 5.91 Å². The maximum absolute atomic E-state index is 11.9. The van der Waals surface area contributed by atoms with E-state index >= 15 is 0 Å². The van der Waals surface area contributed by atoms with E-state index in [-0.39, 0.29) is 11.9 Å². The van der Waals surface area contributed by atoms with E-state index in [0.29, 0.717) is 42.2 Å². The molecule has 1 N–H and O–H groups in total. The largest absolute Gasteiger partial charge is 0.463 e. The highest BCUT2D eigenvalue weighted by atomic mass is 35.5. The molecule has 0 atom stereocenters. The molecule has 0 spiro atoms. The Morgan fingerprint density at radius 2 is 2.00 bits per heavy atom. The maximum Gasteiger partial charge on any atom is 0.335 e. The Labute approximate surface area is 122 Å². The third-order valence-corrected chi connectivity index (χ3v) is 3.32. The summed E-state index contributed by atoms with van der Waals surface area (Å²) in [5, 5.41) is 3.43. The third-order valence-electron chi connectivity index (χ3n) is 3.07. The minimum absolute atomic E-state index is 0.0676. The average Bonchev–Trinajstić information content (AvgIpc) is 2.42. The topological polar surface area (TPSA) is 55.4 Å². The van der Waals surface area contributed by atoms with Crippen molar-refractivity contribution in [2.75, 3.05) is 6.61 Å². The molecule has 1 amide bonds. The second kappa shape index (κ2) is 6.57. The lowest BCUT2D eigenvalue weighted by Gasteiger charge is -2.20. The normalized spacial score (nSPS) is 15.0. The van der Waals surface area contributed by atoms with Gasteiger partial charge in [-0.3, -0.25) is 4.79 Å². The Kier molecular flexibility index (Phi) is 4.79. The number of halogens is 1. The lowest BCUT2D eigenvalue weighted by atomic mass is 9.98. The van der Waals surface area contributed by atoms with Crippen LogP contribution >= 0.6 is 11.6 Å². The first-order valence-corrected chi connectivity index (χ1v) is 6.91. The molecule has 0 saturated heterocycles. The number of rotatable bonds is 4. The fraction of sp³-hybridized carbons (Fsp3) is 0.333. The SMILES string of the molecule is CCOC(=O)C1=C(Cc2ccc(Cl)cc2)NC(=O)CC1. The Morgan fingerprint density at radius 3 is 2.65 bits per heavy atom. The molecule has 0 unspecified atom stereocenters. The van der Waals surface area contributed by atoms with Gasteiger partial charge in [-0.2, -0.15) is 0 Å². The number of hydrogen-bond acceptors (Lipinski definition) is 3. The molecule has 1 aliphatic rings. The lowest BCUT2D eigenvalue weighted by molar-refractivity contribution is -0.139.